The van der Waals surface area contributed by atoms with Crippen LogP contribution in [0.5, 0.6) is 0 Å². The topological polar surface area (TPSA) is 100 Å². The molecule has 3 N–H and O–H groups in total. The van der Waals surface area contributed by atoms with Gasteiger partial charge in [-0.05, 0) is 65.7 Å². The third kappa shape index (κ3) is 7.47. The van der Waals surface area contributed by atoms with Crippen molar-refractivity contribution in [1.29, 1.82) is 0 Å². The number of nitrogens with zero attached hydrogens (tertiary/aromatic N) is 1. The number of fused-ring (bicyclic) bond motifs is 1. The van der Waals surface area contributed by atoms with E-state index in [1.165, 1.54) is 23.1 Å². The summed E-state index contributed by atoms with van der Waals surface area (Å²) in [6, 6.07) is 29.6. The molecule has 5 rings (SSSR count). The van der Waals surface area contributed by atoms with Gasteiger partial charge < -0.3 is 16.0 Å². The first-order valence-corrected chi connectivity index (χ1v) is 14.6. The molecule has 0 saturated heterocycles. The maximum Gasteiger partial charge on any atom is 0.272 e. The van der Waals surface area contributed by atoms with Crippen molar-refractivity contribution in [2.75, 3.05) is 16.4 Å². The number of thioether (sulfide) groups is 1. The molecule has 0 saturated carbocycles. The van der Waals surface area contributed by atoms with Gasteiger partial charge in [-0.2, -0.15) is 0 Å². The molecule has 0 atom stereocenters. The molecule has 204 valence electrons. The highest BCUT2D eigenvalue weighted by Crippen LogP contribution is 2.23. The van der Waals surface area contributed by atoms with Gasteiger partial charge in [0.15, 0.2) is 5.13 Å². The summed E-state index contributed by atoms with van der Waals surface area (Å²) in [7, 11) is 0. The predicted octanol–water partition coefficient (Wildman–Crippen LogP) is 6.75. The molecule has 0 aliphatic carbocycles. The lowest BCUT2D eigenvalue weighted by Crippen LogP contribution is -2.30. The van der Waals surface area contributed by atoms with Crippen LogP contribution in [0, 0.1) is 6.92 Å². The number of rotatable bonds is 9. The van der Waals surface area contributed by atoms with E-state index in [0.29, 0.717) is 16.4 Å². The average molecular weight is 579 g/mol. The van der Waals surface area contributed by atoms with Crippen LogP contribution in [-0.4, -0.2) is 28.5 Å². The normalized spacial score (nSPS) is 11.2. The van der Waals surface area contributed by atoms with Crippen molar-refractivity contribution in [2.24, 2.45) is 0 Å². The molecule has 0 aliphatic heterocycles. The van der Waals surface area contributed by atoms with Crippen LogP contribution in [0.2, 0.25) is 0 Å². The van der Waals surface area contributed by atoms with E-state index in [4.69, 9.17) is 0 Å². The Kier molecular flexibility index (Phi) is 8.88. The first-order chi connectivity index (χ1) is 19.9. The van der Waals surface area contributed by atoms with Crippen molar-refractivity contribution in [1.82, 2.24) is 10.3 Å². The molecule has 9 heteroatoms. The molecular formula is C32H26N4O3S2. The van der Waals surface area contributed by atoms with Crippen molar-refractivity contribution < 1.29 is 14.4 Å². The summed E-state index contributed by atoms with van der Waals surface area (Å²) in [6.45, 7) is 1.88. The van der Waals surface area contributed by atoms with Gasteiger partial charge in [0.2, 0.25) is 5.91 Å². The molecule has 0 spiro atoms. The minimum Gasteiger partial charge on any atom is -0.321 e. The van der Waals surface area contributed by atoms with Gasteiger partial charge >= 0.3 is 0 Å². The Morgan fingerprint density at radius 1 is 0.854 bits per heavy atom. The number of anilines is 2. The minimum absolute atomic E-state index is 0.114. The van der Waals surface area contributed by atoms with Crippen molar-refractivity contribution in [2.45, 2.75) is 11.8 Å². The Balaban J connectivity index is 1.30. The lowest BCUT2D eigenvalue weighted by atomic mass is 10.0. The number of carbonyl (C=O) groups excluding carboxylic acids is 3. The van der Waals surface area contributed by atoms with E-state index in [2.05, 4.69) is 20.9 Å². The summed E-state index contributed by atoms with van der Waals surface area (Å²) < 4.78 is 0. The lowest BCUT2D eigenvalue weighted by Gasteiger charge is -2.12. The van der Waals surface area contributed by atoms with Crippen molar-refractivity contribution in [3.63, 3.8) is 0 Å². The molecule has 5 aromatic rings. The Labute approximate surface area is 245 Å². The Bertz CT molecular complexity index is 1730. The van der Waals surface area contributed by atoms with Gasteiger partial charge in [0, 0.05) is 21.5 Å². The Morgan fingerprint density at radius 3 is 2.34 bits per heavy atom. The zero-order valence-electron chi connectivity index (χ0n) is 22.1. The number of thiazole rings is 1. The molecule has 3 amide bonds. The fraction of sp³-hybridized carbons (Fsp3) is 0.0625. The number of aryl methyl sites for hydroxylation is 1. The fourth-order valence-corrected chi connectivity index (χ4v) is 5.43. The summed E-state index contributed by atoms with van der Waals surface area (Å²) in [5, 5.41) is 12.9. The SMILES string of the molecule is Cc1csc(NC(=O)CSc2ccc(NC(=O)/C(=C/c3cccc4ccccc34)NC(=O)c3ccccc3)cc2)n1. The average Bonchev–Trinajstić information content (AvgIpc) is 3.41. The first-order valence-electron chi connectivity index (χ1n) is 12.8. The quantitative estimate of drug-likeness (QED) is 0.133. The molecule has 7 nitrogen and oxygen atoms in total. The van der Waals surface area contributed by atoms with Gasteiger partial charge in [-0.25, -0.2) is 4.98 Å². The summed E-state index contributed by atoms with van der Waals surface area (Å²) >= 11 is 2.77. The van der Waals surface area contributed by atoms with Crippen LogP contribution < -0.4 is 16.0 Å². The highest BCUT2D eigenvalue weighted by atomic mass is 32.2. The van der Waals surface area contributed by atoms with E-state index in [1.54, 1.807) is 42.5 Å². The third-order valence-corrected chi connectivity index (χ3v) is 7.89. The number of hydrogen-bond acceptors (Lipinski definition) is 6. The fourth-order valence-electron chi connectivity index (χ4n) is 4.02. The van der Waals surface area contributed by atoms with Crippen LogP contribution in [0.15, 0.2) is 113 Å². The molecule has 41 heavy (non-hydrogen) atoms. The standard InChI is InChI=1S/C32H26N4O3S2/c1-21-19-41-32(33-21)36-29(37)20-40-26-16-14-25(15-17-26)34-31(39)28(35-30(38)23-9-3-2-4-10-23)18-24-12-7-11-22-8-5-6-13-27(22)24/h2-19H,20H2,1H3,(H,34,39)(H,35,38)(H,33,36,37)/b28-18-. The van der Waals surface area contributed by atoms with E-state index in [9.17, 15) is 14.4 Å². The summed E-state index contributed by atoms with van der Waals surface area (Å²) in [5.41, 5.74) is 2.78. The van der Waals surface area contributed by atoms with Crippen molar-refractivity contribution >= 4 is 68.5 Å². The molecule has 0 aliphatic rings. The van der Waals surface area contributed by atoms with Gasteiger partial charge in [0.1, 0.15) is 5.70 Å². The van der Waals surface area contributed by atoms with E-state index in [0.717, 1.165) is 26.9 Å². The lowest BCUT2D eigenvalue weighted by molar-refractivity contribution is -0.114. The second-order valence-electron chi connectivity index (χ2n) is 9.06. The van der Waals surface area contributed by atoms with Gasteiger partial charge in [0.25, 0.3) is 11.8 Å². The van der Waals surface area contributed by atoms with Crippen LogP contribution in [-0.2, 0) is 9.59 Å². The third-order valence-electron chi connectivity index (χ3n) is 6.00. The van der Waals surface area contributed by atoms with Crippen LogP contribution >= 0.6 is 23.1 Å². The van der Waals surface area contributed by atoms with E-state index < -0.39 is 5.91 Å². The first kappa shape index (κ1) is 27.8. The number of amides is 3. The maximum absolute atomic E-state index is 13.4. The molecule has 0 fully saturated rings. The molecule has 0 unspecified atom stereocenters. The zero-order chi connectivity index (χ0) is 28.6. The van der Waals surface area contributed by atoms with Gasteiger partial charge in [0.05, 0.1) is 11.4 Å². The van der Waals surface area contributed by atoms with E-state index in [1.807, 2.05) is 73.0 Å². The van der Waals surface area contributed by atoms with Crippen molar-refractivity contribution in [3.8, 4) is 0 Å². The number of hydrogen-bond donors (Lipinski definition) is 3. The van der Waals surface area contributed by atoms with Gasteiger partial charge in [-0.3, -0.25) is 14.4 Å². The zero-order valence-corrected chi connectivity index (χ0v) is 23.7. The minimum atomic E-state index is -0.458. The van der Waals surface area contributed by atoms with Crippen LogP contribution in [0.25, 0.3) is 16.8 Å². The number of benzene rings is 4. The monoisotopic (exact) mass is 578 g/mol. The predicted molar refractivity (Wildman–Crippen MR) is 167 cm³/mol. The second kappa shape index (κ2) is 13.1. The van der Waals surface area contributed by atoms with Crippen LogP contribution in [0.3, 0.4) is 0 Å². The maximum atomic E-state index is 13.4. The Hall–Kier alpha value is -4.73. The molecule has 0 radical (unpaired) electrons. The molecular weight excluding hydrogens is 553 g/mol. The second-order valence-corrected chi connectivity index (χ2v) is 11.0. The number of nitrogens with one attached hydrogen (secondary N) is 3. The molecule has 1 heterocycles. The smallest absolute Gasteiger partial charge is 0.272 e. The van der Waals surface area contributed by atoms with E-state index >= 15 is 0 Å². The summed E-state index contributed by atoms with van der Waals surface area (Å²) in [4.78, 5) is 43.8. The van der Waals surface area contributed by atoms with Crippen LogP contribution in [0.4, 0.5) is 10.8 Å². The largest absolute Gasteiger partial charge is 0.321 e. The highest BCUT2D eigenvalue weighted by molar-refractivity contribution is 8.00. The van der Waals surface area contributed by atoms with Crippen molar-refractivity contribution in [3.05, 3.63) is 125 Å². The number of carbonyl (C=O) groups is 3. The Morgan fingerprint density at radius 2 is 1.59 bits per heavy atom. The van der Waals surface area contributed by atoms with Crippen LogP contribution in [0.1, 0.15) is 21.6 Å². The number of aromatic nitrogens is 1. The molecule has 0 bridgehead atoms. The van der Waals surface area contributed by atoms with Gasteiger partial charge in [-0.1, -0.05) is 60.7 Å². The van der Waals surface area contributed by atoms with E-state index in [-0.39, 0.29) is 23.3 Å². The molecule has 4 aromatic carbocycles. The summed E-state index contributed by atoms with van der Waals surface area (Å²) in [6.07, 6.45) is 1.69. The highest BCUT2D eigenvalue weighted by Gasteiger charge is 2.16. The van der Waals surface area contributed by atoms with Gasteiger partial charge in [-0.15, -0.1) is 23.1 Å². The summed E-state index contributed by atoms with van der Waals surface area (Å²) in [5.74, 6) is -0.752. The molecule has 1 aromatic heterocycles.